The van der Waals surface area contributed by atoms with Gasteiger partial charge in [0.2, 0.25) is 5.91 Å². The number of hydrogen-bond acceptors (Lipinski definition) is 4. The number of nitrogens with one attached hydrogen (secondary N) is 3. The summed E-state index contributed by atoms with van der Waals surface area (Å²) in [5.41, 5.74) is 2.62. The molecule has 158 valence electrons. The van der Waals surface area contributed by atoms with E-state index in [4.69, 9.17) is 9.47 Å². The van der Waals surface area contributed by atoms with E-state index in [0.29, 0.717) is 25.4 Å². The zero-order chi connectivity index (χ0) is 20.9. The van der Waals surface area contributed by atoms with Gasteiger partial charge in [-0.15, -0.1) is 0 Å². The van der Waals surface area contributed by atoms with E-state index in [2.05, 4.69) is 22.8 Å². The van der Waals surface area contributed by atoms with Crippen LogP contribution in [0.1, 0.15) is 37.8 Å². The van der Waals surface area contributed by atoms with Gasteiger partial charge in [0.25, 0.3) is 5.91 Å². The van der Waals surface area contributed by atoms with Crippen LogP contribution < -0.4 is 25.0 Å². The fourth-order valence-corrected chi connectivity index (χ4v) is 4.17. The minimum absolute atomic E-state index is 0.0153. The van der Waals surface area contributed by atoms with E-state index in [1.165, 1.54) is 17.4 Å². The number of carbonyl (C=O) groups is 2. The molecule has 4 rings (SSSR count). The van der Waals surface area contributed by atoms with E-state index in [1.54, 1.807) is 24.3 Å². The molecule has 2 aromatic rings. The Morgan fingerprint density at radius 1 is 0.967 bits per heavy atom. The molecule has 0 bridgehead atoms. The molecule has 2 aromatic carbocycles. The van der Waals surface area contributed by atoms with Crippen molar-refractivity contribution in [3.63, 3.8) is 0 Å². The van der Waals surface area contributed by atoms with Gasteiger partial charge < -0.3 is 25.0 Å². The maximum atomic E-state index is 12.6. The molecule has 2 aliphatic heterocycles. The van der Waals surface area contributed by atoms with Gasteiger partial charge in [-0.1, -0.05) is 0 Å². The third-order valence-electron chi connectivity index (χ3n) is 5.53. The molecular weight excluding hydrogens is 382 g/mol. The van der Waals surface area contributed by atoms with E-state index in [1.807, 2.05) is 6.07 Å². The minimum Gasteiger partial charge on any atom is -0.490 e. The van der Waals surface area contributed by atoms with Crippen LogP contribution in [0.4, 0.5) is 11.4 Å². The summed E-state index contributed by atoms with van der Waals surface area (Å²) in [6.07, 6.45) is 3.03. The number of fused-ring (bicyclic) bond motifs is 1. The molecule has 2 aliphatic rings. The Kier molecular flexibility index (Phi) is 6.18. The lowest BCUT2D eigenvalue weighted by molar-refractivity contribution is -0.910. The Balaban J connectivity index is 1.38. The second-order valence-electron chi connectivity index (χ2n) is 7.84. The molecular formula is C23H28N3O4+. The van der Waals surface area contributed by atoms with Crippen molar-refractivity contribution in [1.29, 1.82) is 0 Å². The summed E-state index contributed by atoms with van der Waals surface area (Å²) in [4.78, 5) is 25.0. The smallest absolute Gasteiger partial charge is 0.279 e. The van der Waals surface area contributed by atoms with E-state index in [-0.39, 0.29) is 17.9 Å². The fourth-order valence-electron chi connectivity index (χ4n) is 4.17. The molecule has 30 heavy (non-hydrogen) atoms. The lowest BCUT2D eigenvalue weighted by Gasteiger charge is -2.22. The standard InChI is InChI=1S/C23H27N3O4/c1-16(27)24-18-6-8-19(9-7-18)25-23(28)15-26-11-2-4-20(26)17-5-10-21-22(14-17)30-13-3-12-29-21/h5-10,14,20H,2-4,11-13,15H2,1H3,(H,24,27)(H,25,28)/p+1/t20-/m0/s1. The molecule has 2 atom stereocenters. The third-order valence-corrected chi connectivity index (χ3v) is 5.53. The van der Waals surface area contributed by atoms with Crippen molar-refractivity contribution in [2.75, 3.05) is 36.9 Å². The number of hydrogen-bond donors (Lipinski definition) is 3. The van der Waals surface area contributed by atoms with Gasteiger partial charge in [0.05, 0.1) is 19.8 Å². The van der Waals surface area contributed by atoms with Gasteiger partial charge in [-0.3, -0.25) is 9.59 Å². The summed E-state index contributed by atoms with van der Waals surface area (Å²) in [5.74, 6) is 1.47. The average Bonchev–Trinajstić information content (AvgIpc) is 3.04. The van der Waals surface area contributed by atoms with Gasteiger partial charge in [0, 0.05) is 43.1 Å². The Bertz CT molecular complexity index is 913. The van der Waals surface area contributed by atoms with E-state index < -0.39 is 0 Å². The highest BCUT2D eigenvalue weighted by atomic mass is 16.5. The van der Waals surface area contributed by atoms with Crippen molar-refractivity contribution in [3.8, 4) is 11.5 Å². The van der Waals surface area contributed by atoms with Gasteiger partial charge in [-0.05, 0) is 42.5 Å². The van der Waals surface area contributed by atoms with Crippen molar-refractivity contribution < 1.29 is 24.0 Å². The number of amides is 2. The molecule has 0 radical (unpaired) electrons. The molecule has 0 saturated carbocycles. The molecule has 2 heterocycles. The molecule has 2 amide bonds. The predicted molar refractivity (Wildman–Crippen MR) is 114 cm³/mol. The van der Waals surface area contributed by atoms with Crippen LogP contribution in [-0.2, 0) is 9.59 Å². The molecule has 0 spiro atoms. The van der Waals surface area contributed by atoms with Gasteiger partial charge >= 0.3 is 0 Å². The van der Waals surface area contributed by atoms with Crippen LogP contribution >= 0.6 is 0 Å². The summed E-state index contributed by atoms with van der Waals surface area (Å²) >= 11 is 0. The number of anilines is 2. The van der Waals surface area contributed by atoms with Gasteiger partial charge in [-0.25, -0.2) is 0 Å². The first-order valence-electron chi connectivity index (χ1n) is 10.5. The zero-order valence-corrected chi connectivity index (χ0v) is 17.2. The first-order chi connectivity index (χ1) is 14.6. The highest BCUT2D eigenvalue weighted by Crippen LogP contribution is 2.33. The van der Waals surface area contributed by atoms with Crippen LogP contribution in [0.2, 0.25) is 0 Å². The maximum Gasteiger partial charge on any atom is 0.279 e. The Morgan fingerprint density at radius 2 is 1.67 bits per heavy atom. The molecule has 0 aliphatic carbocycles. The average molecular weight is 410 g/mol. The van der Waals surface area contributed by atoms with Crippen molar-refractivity contribution in [1.82, 2.24) is 0 Å². The Hall–Kier alpha value is -3.06. The Morgan fingerprint density at radius 3 is 2.40 bits per heavy atom. The first kappa shape index (κ1) is 20.2. The molecule has 3 N–H and O–H groups in total. The van der Waals surface area contributed by atoms with Crippen molar-refractivity contribution in [3.05, 3.63) is 48.0 Å². The van der Waals surface area contributed by atoms with Crippen LogP contribution in [0.3, 0.4) is 0 Å². The van der Waals surface area contributed by atoms with Crippen LogP contribution in [0.25, 0.3) is 0 Å². The maximum absolute atomic E-state index is 12.6. The number of rotatable bonds is 5. The lowest BCUT2D eigenvalue weighted by atomic mass is 10.0. The largest absolute Gasteiger partial charge is 0.490 e. The van der Waals surface area contributed by atoms with Crippen LogP contribution in [0.5, 0.6) is 11.5 Å². The Labute approximate surface area is 176 Å². The molecule has 1 fully saturated rings. The lowest BCUT2D eigenvalue weighted by Crippen LogP contribution is -3.11. The SMILES string of the molecule is CC(=O)Nc1ccc(NC(=O)C[NH+]2CCC[C@H]2c2ccc3c(c2)OCCCO3)cc1. The molecule has 1 saturated heterocycles. The highest BCUT2D eigenvalue weighted by Gasteiger charge is 2.32. The molecule has 7 nitrogen and oxygen atoms in total. The fraction of sp³-hybridized carbons (Fsp3) is 0.391. The van der Waals surface area contributed by atoms with Crippen LogP contribution in [0, 0.1) is 0 Å². The summed E-state index contributed by atoms with van der Waals surface area (Å²) in [6, 6.07) is 13.6. The van der Waals surface area contributed by atoms with Crippen LogP contribution in [0.15, 0.2) is 42.5 Å². The van der Waals surface area contributed by atoms with Crippen molar-refractivity contribution in [2.45, 2.75) is 32.2 Å². The summed E-state index contributed by atoms with van der Waals surface area (Å²) in [6.45, 7) is 4.19. The van der Waals surface area contributed by atoms with E-state index in [9.17, 15) is 9.59 Å². The van der Waals surface area contributed by atoms with Gasteiger partial charge in [0.15, 0.2) is 18.0 Å². The highest BCUT2D eigenvalue weighted by molar-refractivity contribution is 5.92. The molecule has 1 unspecified atom stereocenters. The number of likely N-dealkylation sites (tertiary alicyclic amines) is 1. The van der Waals surface area contributed by atoms with Gasteiger partial charge in [0.1, 0.15) is 6.04 Å². The van der Waals surface area contributed by atoms with Crippen molar-refractivity contribution in [2.24, 2.45) is 0 Å². The quantitative estimate of drug-likeness (QED) is 0.706. The van der Waals surface area contributed by atoms with E-state index >= 15 is 0 Å². The predicted octanol–water partition coefficient (Wildman–Crippen LogP) is 2.16. The zero-order valence-electron chi connectivity index (χ0n) is 17.2. The second kappa shape index (κ2) is 9.17. The second-order valence-corrected chi connectivity index (χ2v) is 7.84. The normalized spacial score (nSPS) is 20.3. The molecule has 7 heteroatoms. The van der Waals surface area contributed by atoms with Gasteiger partial charge in [-0.2, -0.15) is 0 Å². The number of ether oxygens (including phenoxy) is 2. The monoisotopic (exact) mass is 410 g/mol. The summed E-state index contributed by atoms with van der Waals surface area (Å²) in [5, 5.41) is 5.68. The number of benzene rings is 2. The minimum atomic E-state index is -0.120. The third kappa shape index (κ3) is 4.91. The molecule has 0 aromatic heterocycles. The number of quaternary nitrogens is 1. The number of carbonyl (C=O) groups excluding carboxylic acids is 2. The van der Waals surface area contributed by atoms with E-state index in [0.717, 1.165) is 43.0 Å². The van der Waals surface area contributed by atoms with Crippen molar-refractivity contribution >= 4 is 23.2 Å². The first-order valence-corrected chi connectivity index (χ1v) is 10.5. The summed E-state index contributed by atoms with van der Waals surface area (Å²) < 4.78 is 11.6. The topological polar surface area (TPSA) is 81.1 Å². The summed E-state index contributed by atoms with van der Waals surface area (Å²) in [7, 11) is 0. The van der Waals surface area contributed by atoms with Crippen LogP contribution in [-0.4, -0.2) is 38.1 Å².